The smallest absolute Gasteiger partial charge is 0.328 e. The van der Waals surface area contributed by atoms with Crippen LogP contribution in [-0.2, 0) is 4.79 Å². The first kappa shape index (κ1) is 24.2. The number of hydrogen-bond donors (Lipinski definition) is 1. The SMILES string of the molecule is CC/C(=C(/c1ccc(/C=C/C(=O)O)cc1)c1ccc2scnc2c1)c1cccc(Oc2ccccn2)c1. The quantitative estimate of drug-likeness (QED) is 0.171. The van der Waals surface area contributed by atoms with Gasteiger partial charge in [0.2, 0.25) is 5.88 Å². The van der Waals surface area contributed by atoms with Gasteiger partial charge in [0.15, 0.2) is 0 Å². The van der Waals surface area contributed by atoms with Gasteiger partial charge in [0.1, 0.15) is 5.75 Å². The summed E-state index contributed by atoms with van der Waals surface area (Å²) in [6, 6.07) is 27.9. The average molecular weight is 505 g/mol. The van der Waals surface area contributed by atoms with Crippen LogP contribution in [-0.4, -0.2) is 21.0 Å². The highest BCUT2D eigenvalue weighted by molar-refractivity contribution is 7.16. The van der Waals surface area contributed by atoms with E-state index < -0.39 is 5.97 Å². The van der Waals surface area contributed by atoms with Gasteiger partial charge in [-0.25, -0.2) is 14.8 Å². The Bertz CT molecular complexity index is 1600. The zero-order valence-corrected chi connectivity index (χ0v) is 21.0. The van der Waals surface area contributed by atoms with Crippen molar-refractivity contribution in [2.45, 2.75) is 13.3 Å². The molecule has 5 rings (SSSR count). The second kappa shape index (κ2) is 11.0. The third kappa shape index (κ3) is 5.66. The highest BCUT2D eigenvalue weighted by Crippen LogP contribution is 2.37. The number of ether oxygens (including phenoxy) is 1. The van der Waals surface area contributed by atoms with Crippen molar-refractivity contribution in [2.24, 2.45) is 0 Å². The Hall–Kier alpha value is -4.55. The van der Waals surface area contributed by atoms with Crippen LogP contribution in [0.3, 0.4) is 0 Å². The second-order valence-electron chi connectivity index (χ2n) is 8.33. The van der Waals surface area contributed by atoms with Gasteiger partial charge < -0.3 is 9.84 Å². The minimum absolute atomic E-state index is 0.542. The molecule has 2 heterocycles. The van der Waals surface area contributed by atoms with Crippen LogP contribution in [0.25, 0.3) is 27.4 Å². The Morgan fingerprint density at radius 3 is 2.51 bits per heavy atom. The maximum absolute atomic E-state index is 10.9. The maximum atomic E-state index is 10.9. The fraction of sp³-hybridized carbons (Fsp3) is 0.0645. The number of aliphatic carboxylic acids is 1. The Morgan fingerprint density at radius 2 is 1.76 bits per heavy atom. The van der Waals surface area contributed by atoms with Crippen LogP contribution in [0.1, 0.15) is 35.6 Å². The monoisotopic (exact) mass is 504 g/mol. The molecule has 5 aromatic rings. The molecule has 182 valence electrons. The molecule has 3 aromatic carbocycles. The first-order valence-corrected chi connectivity index (χ1v) is 12.8. The number of carbonyl (C=O) groups is 1. The van der Waals surface area contributed by atoms with E-state index in [2.05, 4.69) is 41.2 Å². The van der Waals surface area contributed by atoms with Gasteiger partial charge in [-0.2, -0.15) is 0 Å². The first-order valence-electron chi connectivity index (χ1n) is 11.9. The van der Waals surface area contributed by atoms with Crippen LogP contribution in [0.4, 0.5) is 0 Å². The Labute approximate surface area is 219 Å². The second-order valence-corrected chi connectivity index (χ2v) is 9.22. The molecule has 0 atom stereocenters. The molecule has 2 aromatic heterocycles. The van der Waals surface area contributed by atoms with Gasteiger partial charge >= 0.3 is 5.97 Å². The third-order valence-electron chi connectivity index (χ3n) is 5.93. The molecule has 0 radical (unpaired) electrons. The summed E-state index contributed by atoms with van der Waals surface area (Å²) in [5.41, 5.74) is 9.07. The number of benzene rings is 3. The molecule has 0 amide bonds. The van der Waals surface area contributed by atoms with E-state index >= 15 is 0 Å². The number of carboxylic acids is 1. The zero-order valence-electron chi connectivity index (χ0n) is 20.2. The molecule has 6 heteroatoms. The molecule has 0 fully saturated rings. The number of rotatable bonds is 8. The van der Waals surface area contributed by atoms with Gasteiger partial charge in [-0.15, -0.1) is 11.3 Å². The lowest BCUT2D eigenvalue weighted by Gasteiger charge is -2.17. The average Bonchev–Trinajstić information content (AvgIpc) is 3.40. The number of fused-ring (bicyclic) bond motifs is 1. The Morgan fingerprint density at radius 1 is 0.919 bits per heavy atom. The lowest BCUT2D eigenvalue weighted by Crippen LogP contribution is -1.96. The first-order chi connectivity index (χ1) is 18.1. The Kier molecular flexibility index (Phi) is 7.19. The lowest BCUT2D eigenvalue weighted by atomic mass is 9.87. The summed E-state index contributed by atoms with van der Waals surface area (Å²) in [5.74, 6) is 0.286. The molecule has 37 heavy (non-hydrogen) atoms. The highest BCUT2D eigenvalue weighted by atomic mass is 32.1. The van der Waals surface area contributed by atoms with Crippen molar-refractivity contribution >= 4 is 44.7 Å². The fourth-order valence-electron chi connectivity index (χ4n) is 4.26. The zero-order chi connectivity index (χ0) is 25.6. The van der Waals surface area contributed by atoms with E-state index in [0.29, 0.717) is 11.6 Å². The lowest BCUT2D eigenvalue weighted by molar-refractivity contribution is -0.131. The Balaban J connectivity index is 1.63. The molecule has 5 nitrogen and oxygen atoms in total. The van der Waals surface area contributed by atoms with Crippen molar-refractivity contribution in [1.82, 2.24) is 9.97 Å². The molecule has 0 spiro atoms. The number of pyridine rings is 1. The molecule has 0 aliphatic heterocycles. The number of aromatic nitrogens is 2. The molecule has 0 aliphatic rings. The molecular formula is C31H24N2O3S. The summed E-state index contributed by atoms with van der Waals surface area (Å²) in [7, 11) is 0. The minimum atomic E-state index is -0.970. The largest absolute Gasteiger partial charge is 0.478 e. The topological polar surface area (TPSA) is 72.3 Å². The molecule has 0 aliphatic carbocycles. The maximum Gasteiger partial charge on any atom is 0.328 e. The van der Waals surface area contributed by atoms with Crippen LogP contribution in [0.15, 0.2) is 103 Å². The van der Waals surface area contributed by atoms with Gasteiger partial charge in [-0.3, -0.25) is 0 Å². The van der Waals surface area contributed by atoms with Crippen LogP contribution in [0.2, 0.25) is 0 Å². The molecule has 1 N–H and O–H groups in total. The van der Waals surface area contributed by atoms with Crippen LogP contribution >= 0.6 is 11.3 Å². The van der Waals surface area contributed by atoms with Gasteiger partial charge in [-0.1, -0.05) is 55.5 Å². The molecular weight excluding hydrogens is 480 g/mol. The van der Waals surface area contributed by atoms with E-state index in [9.17, 15) is 4.79 Å². The van der Waals surface area contributed by atoms with Crippen LogP contribution in [0, 0.1) is 0 Å². The van der Waals surface area contributed by atoms with Crippen molar-refractivity contribution < 1.29 is 14.6 Å². The van der Waals surface area contributed by atoms with E-state index in [1.165, 1.54) is 0 Å². The van der Waals surface area contributed by atoms with Crippen LogP contribution in [0.5, 0.6) is 11.6 Å². The van der Waals surface area contributed by atoms with Crippen molar-refractivity contribution in [3.63, 3.8) is 0 Å². The summed E-state index contributed by atoms with van der Waals surface area (Å²) in [6.07, 6.45) is 5.24. The van der Waals surface area contributed by atoms with Crippen molar-refractivity contribution in [3.8, 4) is 11.6 Å². The summed E-state index contributed by atoms with van der Waals surface area (Å²) < 4.78 is 7.16. The third-order valence-corrected chi connectivity index (χ3v) is 6.74. The number of thiazole rings is 1. The molecule has 0 saturated carbocycles. The predicted octanol–water partition coefficient (Wildman–Crippen LogP) is 7.95. The van der Waals surface area contributed by atoms with Crippen molar-refractivity contribution in [1.29, 1.82) is 0 Å². The molecule has 0 bridgehead atoms. The number of hydrogen-bond acceptors (Lipinski definition) is 5. The van der Waals surface area contributed by atoms with E-state index in [1.807, 2.05) is 66.2 Å². The van der Waals surface area contributed by atoms with Crippen molar-refractivity contribution in [3.05, 3.63) is 125 Å². The standard InChI is InChI=1S/C31H24N2O3S/c1-2-26(23-6-5-7-25(18-23)36-29-8-3-4-17-32-29)31(24-14-15-28-27(19-24)33-20-37-28)22-12-9-21(10-13-22)11-16-30(34)35/h3-20H,2H2,1H3,(H,34,35)/b16-11+,31-26+. The van der Waals surface area contributed by atoms with Gasteiger partial charge in [-0.05, 0) is 76.2 Å². The van der Waals surface area contributed by atoms with Gasteiger partial charge in [0.25, 0.3) is 0 Å². The van der Waals surface area contributed by atoms with Gasteiger partial charge in [0, 0.05) is 18.3 Å². The summed E-state index contributed by atoms with van der Waals surface area (Å²) >= 11 is 1.62. The number of carboxylic acid groups (broad SMARTS) is 1. The fourth-order valence-corrected chi connectivity index (χ4v) is 4.92. The van der Waals surface area contributed by atoms with E-state index in [1.54, 1.807) is 23.6 Å². The van der Waals surface area contributed by atoms with E-state index in [-0.39, 0.29) is 0 Å². The predicted molar refractivity (Wildman–Crippen MR) is 150 cm³/mol. The number of nitrogens with zero attached hydrogens (tertiary/aromatic N) is 2. The van der Waals surface area contributed by atoms with Gasteiger partial charge in [0.05, 0.1) is 15.7 Å². The summed E-state index contributed by atoms with van der Waals surface area (Å²) in [6.45, 7) is 2.15. The van der Waals surface area contributed by atoms with E-state index in [4.69, 9.17) is 9.84 Å². The van der Waals surface area contributed by atoms with E-state index in [0.717, 1.165) is 56.1 Å². The summed E-state index contributed by atoms with van der Waals surface area (Å²) in [4.78, 5) is 19.7. The minimum Gasteiger partial charge on any atom is -0.478 e. The highest BCUT2D eigenvalue weighted by Gasteiger charge is 2.15. The molecule has 0 saturated heterocycles. The van der Waals surface area contributed by atoms with Crippen molar-refractivity contribution in [2.75, 3.05) is 0 Å². The van der Waals surface area contributed by atoms with Crippen LogP contribution < -0.4 is 4.74 Å². The molecule has 0 unspecified atom stereocenters. The summed E-state index contributed by atoms with van der Waals surface area (Å²) in [5, 5.41) is 8.97. The number of allylic oxidation sites excluding steroid dienone is 1. The normalized spacial score (nSPS) is 12.0.